The molecule has 32 heavy (non-hydrogen) atoms. The average molecular weight is 506 g/mol. The molecule has 1 aliphatic carbocycles. The van der Waals surface area contributed by atoms with Crippen LogP contribution in [-0.4, -0.2) is 54.3 Å². The van der Waals surface area contributed by atoms with Gasteiger partial charge in [-0.15, -0.1) is 4.72 Å². The van der Waals surface area contributed by atoms with Crippen molar-refractivity contribution in [3.8, 4) is 0 Å². The second kappa shape index (κ2) is 8.76. The molecule has 1 unspecified atom stereocenters. The number of thiol groups is 1. The monoisotopic (exact) mass is 505 g/mol. The number of hydrogen-bond donors (Lipinski definition) is 2. The highest BCUT2D eigenvalue weighted by Crippen LogP contribution is 2.62. The minimum atomic E-state index is -1.46. The molecule has 1 spiro atoms. The van der Waals surface area contributed by atoms with Crippen molar-refractivity contribution in [1.29, 1.82) is 0 Å². The van der Waals surface area contributed by atoms with Crippen LogP contribution >= 0.6 is 22.5 Å². The van der Waals surface area contributed by atoms with Crippen LogP contribution in [0.3, 0.4) is 0 Å². The van der Waals surface area contributed by atoms with Gasteiger partial charge in [-0.25, -0.2) is 9.79 Å². The second-order valence-electron chi connectivity index (χ2n) is 12.2. The van der Waals surface area contributed by atoms with E-state index in [4.69, 9.17) is 21.3 Å². The lowest BCUT2D eigenvalue weighted by molar-refractivity contribution is 0.0375. The quantitative estimate of drug-likeness (QED) is 0.296. The standard InChI is InChI=1S/C23H40ClN3O3S2/c1-20(2,3)27-12-10-23(11-13-27)14-15-16(17(23)26-32(29)22(7,8)9)25-18(24)31(15)19(28)30-21(4,5)6/h17,26,31H,10-14H2,1-9H3/t17-,32-/m1/s1. The number of nitrogens with one attached hydrogen (secondary N) is 1. The predicted octanol–water partition coefficient (Wildman–Crippen LogP) is 5.45. The molecule has 9 heteroatoms. The number of carbonyl (C=O) groups excluding carboxylic acids is 1. The maximum absolute atomic E-state index is 13.1. The minimum absolute atomic E-state index is 0.109. The molecular weight excluding hydrogens is 466 g/mol. The number of hydrogen-bond acceptors (Lipinski definition) is 6. The zero-order chi connectivity index (χ0) is 24.3. The average Bonchev–Trinajstić information content (AvgIpc) is 3.04. The molecule has 1 N–H and O–H groups in total. The van der Waals surface area contributed by atoms with Gasteiger partial charge in [0.25, 0.3) is 0 Å². The van der Waals surface area contributed by atoms with Gasteiger partial charge in [-0.05, 0) is 94.7 Å². The summed E-state index contributed by atoms with van der Waals surface area (Å²) in [6.07, 6.45) is 2.67. The first-order chi connectivity index (χ1) is 14.4. The number of aliphatic imine (C=N–C) groups is 1. The van der Waals surface area contributed by atoms with Crippen molar-refractivity contribution in [3.63, 3.8) is 0 Å². The highest BCUT2D eigenvalue weighted by molar-refractivity contribution is 8.45. The molecule has 0 bridgehead atoms. The van der Waals surface area contributed by atoms with Gasteiger partial charge in [0, 0.05) is 27.2 Å². The summed E-state index contributed by atoms with van der Waals surface area (Å²) in [4.78, 5) is 21.3. The molecule has 6 nitrogen and oxygen atoms in total. The molecule has 0 saturated carbocycles. The third-order valence-electron chi connectivity index (χ3n) is 6.43. The first-order valence-corrected chi connectivity index (χ1v) is 14.3. The zero-order valence-corrected chi connectivity index (χ0v) is 23.4. The fraction of sp³-hybridized carbons (Fsp3) is 0.826. The molecule has 0 amide bonds. The highest BCUT2D eigenvalue weighted by Gasteiger charge is 2.56. The molecule has 2 heterocycles. The molecule has 0 aromatic rings. The Morgan fingerprint density at radius 2 is 1.75 bits per heavy atom. The third-order valence-corrected chi connectivity index (χ3v) is 10.4. The Bertz CT molecular complexity index is 816. The number of ether oxygens (including phenoxy) is 1. The fourth-order valence-corrected chi connectivity index (χ4v) is 8.19. The summed E-state index contributed by atoms with van der Waals surface area (Å²) in [6.45, 7) is 20.2. The number of likely N-dealkylation sites (tertiary alicyclic amines) is 1. The van der Waals surface area contributed by atoms with Gasteiger partial charge in [0.1, 0.15) is 16.4 Å². The van der Waals surface area contributed by atoms with E-state index in [2.05, 4.69) is 30.4 Å². The van der Waals surface area contributed by atoms with Crippen molar-refractivity contribution in [1.82, 2.24) is 9.62 Å². The molecule has 3 rings (SSSR count). The third kappa shape index (κ3) is 5.36. The van der Waals surface area contributed by atoms with Crippen molar-refractivity contribution in [2.24, 2.45) is 10.4 Å². The van der Waals surface area contributed by atoms with Crippen molar-refractivity contribution in [2.45, 2.75) is 104 Å². The maximum Gasteiger partial charge on any atom is 0.357 e. The maximum atomic E-state index is 13.1. The topological polar surface area (TPSA) is 77.0 Å². The Kier molecular flexibility index (Phi) is 7.21. The second-order valence-corrected chi connectivity index (χ2v) is 16.8. The van der Waals surface area contributed by atoms with Crippen LogP contribution in [-0.2, 0) is 16.1 Å². The largest absolute Gasteiger partial charge is 0.598 e. The van der Waals surface area contributed by atoms with E-state index in [0.717, 1.165) is 43.0 Å². The number of rotatable bonds is 2. The molecule has 184 valence electrons. The molecule has 0 aromatic heterocycles. The van der Waals surface area contributed by atoms with E-state index < -0.39 is 32.6 Å². The first-order valence-electron chi connectivity index (χ1n) is 11.4. The van der Waals surface area contributed by atoms with Crippen molar-refractivity contribution in [3.05, 3.63) is 10.6 Å². The molecular formula is C23H40ClN3O3S2. The van der Waals surface area contributed by atoms with E-state index in [1.165, 1.54) is 0 Å². The van der Waals surface area contributed by atoms with Gasteiger partial charge in [0.15, 0.2) is 4.50 Å². The summed E-state index contributed by atoms with van der Waals surface area (Å²) >= 11 is 5.27. The van der Waals surface area contributed by atoms with Crippen LogP contribution < -0.4 is 4.72 Å². The normalized spacial score (nSPS) is 28.7. The van der Waals surface area contributed by atoms with Crippen molar-refractivity contribution in [2.75, 3.05) is 13.1 Å². The summed E-state index contributed by atoms with van der Waals surface area (Å²) in [5.74, 6) is 0. The van der Waals surface area contributed by atoms with Crippen LogP contribution in [0.2, 0.25) is 0 Å². The molecule has 3 aliphatic rings. The lowest BCUT2D eigenvalue weighted by Gasteiger charge is -2.48. The molecule has 0 aromatic carbocycles. The summed E-state index contributed by atoms with van der Waals surface area (Å²) in [6, 6.07) is -0.177. The van der Waals surface area contributed by atoms with Crippen LogP contribution in [0.15, 0.2) is 15.6 Å². The Hall–Kier alpha value is -0.250. The predicted molar refractivity (Wildman–Crippen MR) is 138 cm³/mol. The minimum Gasteiger partial charge on any atom is -0.598 e. The number of halogens is 1. The summed E-state index contributed by atoms with van der Waals surface area (Å²) in [7, 11) is -1.46. The van der Waals surface area contributed by atoms with Crippen LogP contribution in [0.4, 0.5) is 4.79 Å². The lowest BCUT2D eigenvalue weighted by Crippen LogP contribution is -2.56. The van der Waals surface area contributed by atoms with E-state index in [-0.39, 0.29) is 22.3 Å². The van der Waals surface area contributed by atoms with E-state index in [9.17, 15) is 9.35 Å². The SMILES string of the molecule is CC(C)(C)OC(=O)[SH]1C(Cl)=NC2=C1CC1(CCN(C(C)(C)C)CC1)[C@@H]2N[S@+]([O-])C(C)(C)C. The molecule has 3 atom stereocenters. The van der Waals surface area contributed by atoms with Gasteiger partial charge in [0.05, 0.1) is 5.70 Å². The van der Waals surface area contributed by atoms with Gasteiger partial charge < -0.3 is 9.29 Å². The smallest absolute Gasteiger partial charge is 0.357 e. The molecule has 1 saturated heterocycles. The Labute approximate surface area is 204 Å². The van der Waals surface area contributed by atoms with E-state index in [1.54, 1.807) is 0 Å². The zero-order valence-electron chi connectivity index (χ0n) is 21.0. The molecule has 0 radical (unpaired) electrons. The van der Waals surface area contributed by atoms with Crippen LogP contribution in [0.5, 0.6) is 0 Å². The van der Waals surface area contributed by atoms with Gasteiger partial charge in [-0.3, -0.25) is 4.90 Å². The van der Waals surface area contributed by atoms with Gasteiger partial charge >= 0.3 is 5.30 Å². The Morgan fingerprint density at radius 3 is 2.22 bits per heavy atom. The van der Waals surface area contributed by atoms with Gasteiger partial charge in [-0.2, -0.15) is 0 Å². The summed E-state index contributed by atoms with van der Waals surface area (Å²) in [5, 5.41) is -0.286. The van der Waals surface area contributed by atoms with Crippen LogP contribution in [0.1, 0.15) is 81.6 Å². The van der Waals surface area contributed by atoms with E-state index >= 15 is 0 Å². The van der Waals surface area contributed by atoms with Crippen LogP contribution in [0, 0.1) is 5.41 Å². The Balaban J connectivity index is 1.93. The number of carbonyl (C=O) groups is 1. The molecule has 2 aliphatic heterocycles. The van der Waals surface area contributed by atoms with Gasteiger partial charge in [-0.1, -0.05) is 22.5 Å². The number of allylic oxidation sites excluding steroid dienone is 1. The van der Waals surface area contributed by atoms with Crippen LogP contribution in [0.25, 0.3) is 0 Å². The summed E-state index contributed by atoms with van der Waals surface area (Å²) < 4.78 is 22.2. The number of nitrogens with zero attached hydrogens (tertiary/aromatic N) is 2. The fourth-order valence-electron chi connectivity index (χ4n) is 4.61. The van der Waals surface area contributed by atoms with Crippen molar-refractivity contribution >= 4 is 43.7 Å². The van der Waals surface area contributed by atoms with Crippen molar-refractivity contribution < 1.29 is 14.1 Å². The summed E-state index contributed by atoms with van der Waals surface area (Å²) in [5.41, 5.74) is 0.239. The highest BCUT2D eigenvalue weighted by atomic mass is 35.5. The number of piperidine rings is 1. The first kappa shape index (κ1) is 26.4. The lowest BCUT2D eigenvalue weighted by atomic mass is 9.72. The van der Waals surface area contributed by atoms with E-state index in [0.29, 0.717) is 4.50 Å². The Morgan fingerprint density at radius 1 is 1.19 bits per heavy atom. The van der Waals surface area contributed by atoms with Gasteiger partial charge in [0.2, 0.25) is 0 Å². The molecule has 1 fully saturated rings. The van der Waals surface area contributed by atoms with E-state index in [1.807, 2.05) is 41.5 Å².